The molecule has 1 N–H and O–H groups in total. The first-order valence-electron chi connectivity index (χ1n) is 9.49. The van der Waals surface area contributed by atoms with Crippen LogP contribution in [0.2, 0.25) is 5.02 Å². The molecule has 1 aromatic carbocycles. The van der Waals surface area contributed by atoms with E-state index in [1.165, 1.54) is 6.26 Å². The third-order valence-electron chi connectivity index (χ3n) is 5.03. The van der Waals surface area contributed by atoms with Gasteiger partial charge in [-0.2, -0.15) is 5.10 Å². The van der Waals surface area contributed by atoms with Gasteiger partial charge in [-0.25, -0.2) is 0 Å². The van der Waals surface area contributed by atoms with Gasteiger partial charge >= 0.3 is 0 Å². The molecule has 0 atom stereocenters. The van der Waals surface area contributed by atoms with E-state index in [0.717, 1.165) is 5.56 Å². The summed E-state index contributed by atoms with van der Waals surface area (Å²) in [5.41, 5.74) is 1.45. The predicted octanol–water partition coefficient (Wildman–Crippen LogP) is 3.21. The van der Waals surface area contributed by atoms with Crippen LogP contribution in [0.1, 0.15) is 39.3 Å². The monoisotopic (exact) mass is 412 g/mol. The van der Waals surface area contributed by atoms with Gasteiger partial charge in [-0.15, -0.1) is 0 Å². The van der Waals surface area contributed by atoms with E-state index in [1.807, 2.05) is 24.3 Å². The van der Waals surface area contributed by atoms with Gasteiger partial charge in [0.05, 0.1) is 24.6 Å². The summed E-state index contributed by atoms with van der Waals surface area (Å²) < 4.78 is 6.87. The van der Waals surface area contributed by atoms with Gasteiger partial charge in [-0.05, 0) is 36.6 Å². The van der Waals surface area contributed by atoms with Crippen LogP contribution in [-0.2, 0) is 6.54 Å². The van der Waals surface area contributed by atoms with Crippen LogP contribution >= 0.6 is 11.6 Å². The van der Waals surface area contributed by atoms with E-state index in [4.69, 9.17) is 16.0 Å². The van der Waals surface area contributed by atoms with Crippen molar-refractivity contribution in [3.05, 3.63) is 77.0 Å². The Hall–Kier alpha value is -3.06. The van der Waals surface area contributed by atoms with Crippen molar-refractivity contribution in [2.45, 2.75) is 25.4 Å². The van der Waals surface area contributed by atoms with Crippen LogP contribution in [-0.4, -0.2) is 45.6 Å². The van der Waals surface area contributed by atoms with E-state index in [9.17, 15) is 9.59 Å². The molecule has 2 amide bonds. The lowest BCUT2D eigenvalue weighted by Crippen LogP contribution is -2.46. The molecule has 0 aliphatic carbocycles. The minimum atomic E-state index is -0.161. The molecular weight excluding hydrogens is 392 g/mol. The van der Waals surface area contributed by atoms with E-state index >= 15 is 0 Å². The minimum absolute atomic E-state index is 0.0232. The molecule has 0 unspecified atom stereocenters. The van der Waals surface area contributed by atoms with Gasteiger partial charge in [0.2, 0.25) is 0 Å². The van der Waals surface area contributed by atoms with Crippen LogP contribution in [0.5, 0.6) is 0 Å². The molecule has 150 valence electrons. The number of amides is 2. The molecule has 1 aliphatic heterocycles. The van der Waals surface area contributed by atoms with Gasteiger partial charge in [0.15, 0.2) is 5.76 Å². The van der Waals surface area contributed by atoms with Crippen LogP contribution in [0.25, 0.3) is 0 Å². The second kappa shape index (κ2) is 8.53. The number of likely N-dealkylation sites (tertiary alicyclic amines) is 1. The minimum Gasteiger partial charge on any atom is -0.459 e. The summed E-state index contributed by atoms with van der Waals surface area (Å²) in [6.07, 6.45) is 6.17. The fraction of sp³-hybridized carbons (Fsp3) is 0.286. The van der Waals surface area contributed by atoms with Crippen molar-refractivity contribution in [3.63, 3.8) is 0 Å². The Morgan fingerprint density at radius 3 is 2.69 bits per heavy atom. The second-order valence-electron chi connectivity index (χ2n) is 7.04. The summed E-state index contributed by atoms with van der Waals surface area (Å²) in [4.78, 5) is 26.6. The van der Waals surface area contributed by atoms with E-state index in [2.05, 4.69) is 10.4 Å². The molecule has 1 fully saturated rings. The highest BCUT2D eigenvalue weighted by atomic mass is 35.5. The number of aromatic nitrogens is 2. The van der Waals surface area contributed by atoms with Crippen molar-refractivity contribution in [2.24, 2.45) is 0 Å². The molecule has 3 heterocycles. The number of piperidine rings is 1. The maximum Gasteiger partial charge on any atom is 0.289 e. The van der Waals surface area contributed by atoms with E-state index in [0.29, 0.717) is 48.8 Å². The third-order valence-corrected chi connectivity index (χ3v) is 5.40. The van der Waals surface area contributed by atoms with Gasteiger partial charge in [0.1, 0.15) is 0 Å². The van der Waals surface area contributed by atoms with Crippen LogP contribution in [0.15, 0.2) is 59.5 Å². The van der Waals surface area contributed by atoms with E-state index in [-0.39, 0.29) is 17.9 Å². The quantitative estimate of drug-likeness (QED) is 0.697. The molecule has 4 rings (SSSR count). The Balaban J connectivity index is 1.30. The van der Waals surface area contributed by atoms with Gasteiger partial charge in [-0.3, -0.25) is 14.3 Å². The normalized spacial score (nSPS) is 14.7. The maximum absolute atomic E-state index is 12.6. The van der Waals surface area contributed by atoms with E-state index < -0.39 is 0 Å². The van der Waals surface area contributed by atoms with Crippen molar-refractivity contribution in [1.29, 1.82) is 0 Å². The largest absolute Gasteiger partial charge is 0.459 e. The van der Waals surface area contributed by atoms with Crippen molar-refractivity contribution >= 4 is 23.4 Å². The number of hydrogen-bond donors (Lipinski definition) is 1. The molecule has 1 saturated heterocycles. The molecule has 8 heteroatoms. The number of hydrogen-bond acceptors (Lipinski definition) is 4. The van der Waals surface area contributed by atoms with Crippen molar-refractivity contribution < 1.29 is 14.0 Å². The number of carbonyl (C=O) groups excluding carboxylic acids is 2. The Bertz CT molecular complexity index is 991. The summed E-state index contributed by atoms with van der Waals surface area (Å²) in [5, 5.41) is 7.97. The second-order valence-corrected chi connectivity index (χ2v) is 7.44. The smallest absolute Gasteiger partial charge is 0.289 e. The summed E-state index contributed by atoms with van der Waals surface area (Å²) in [7, 11) is 0. The highest BCUT2D eigenvalue weighted by molar-refractivity contribution is 6.31. The molecule has 0 spiro atoms. The number of halogens is 1. The molecule has 2 aromatic heterocycles. The highest BCUT2D eigenvalue weighted by Gasteiger charge is 2.26. The number of rotatable bonds is 5. The standard InChI is InChI=1S/C21H21ClN4O3/c22-18-5-2-1-4-15(18)13-26-14-16(12-23-26)20(27)24-17-7-9-25(10-8-17)21(28)19-6-3-11-29-19/h1-6,11-12,14,17H,7-10,13H2,(H,24,27). The first-order chi connectivity index (χ1) is 14.1. The number of furan rings is 1. The average Bonchev–Trinajstić information content (AvgIpc) is 3.42. The SMILES string of the molecule is O=C(NC1CCN(C(=O)c2ccco2)CC1)c1cnn(Cc2ccccc2Cl)c1. The Morgan fingerprint density at radius 2 is 1.97 bits per heavy atom. The summed E-state index contributed by atoms with van der Waals surface area (Å²) in [5.74, 6) is 0.0743. The average molecular weight is 413 g/mol. The lowest BCUT2D eigenvalue weighted by atomic mass is 10.0. The first-order valence-corrected chi connectivity index (χ1v) is 9.87. The topological polar surface area (TPSA) is 80.4 Å². The molecule has 0 bridgehead atoms. The third kappa shape index (κ3) is 4.51. The lowest BCUT2D eigenvalue weighted by Gasteiger charge is -2.31. The first kappa shape index (κ1) is 19.3. The Labute approximate surface area is 173 Å². The fourth-order valence-corrected chi connectivity index (χ4v) is 3.62. The zero-order chi connectivity index (χ0) is 20.2. The summed E-state index contributed by atoms with van der Waals surface area (Å²) >= 11 is 6.18. The van der Waals surface area contributed by atoms with Crippen molar-refractivity contribution in [1.82, 2.24) is 20.0 Å². The molecule has 0 saturated carbocycles. The summed E-state index contributed by atoms with van der Waals surface area (Å²) in [6.45, 7) is 1.66. The zero-order valence-corrected chi connectivity index (χ0v) is 16.5. The van der Waals surface area contributed by atoms with Crippen LogP contribution in [0, 0.1) is 0 Å². The fourth-order valence-electron chi connectivity index (χ4n) is 3.42. The molecular formula is C21H21ClN4O3. The lowest BCUT2D eigenvalue weighted by molar-refractivity contribution is 0.0667. The number of nitrogens with one attached hydrogen (secondary N) is 1. The van der Waals surface area contributed by atoms with Crippen molar-refractivity contribution in [3.8, 4) is 0 Å². The molecule has 0 radical (unpaired) electrons. The van der Waals surface area contributed by atoms with Crippen LogP contribution in [0.3, 0.4) is 0 Å². The van der Waals surface area contributed by atoms with Gasteiger partial charge in [0.25, 0.3) is 11.8 Å². The Kier molecular flexibility index (Phi) is 5.67. The molecule has 3 aromatic rings. The predicted molar refractivity (Wildman–Crippen MR) is 108 cm³/mol. The van der Waals surface area contributed by atoms with Gasteiger partial charge in [-0.1, -0.05) is 29.8 Å². The van der Waals surface area contributed by atoms with Crippen LogP contribution < -0.4 is 5.32 Å². The molecule has 7 nitrogen and oxygen atoms in total. The maximum atomic E-state index is 12.6. The molecule has 1 aliphatic rings. The Morgan fingerprint density at radius 1 is 1.17 bits per heavy atom. The van der Waals surface area contributed by atoms with Crippen molar-refractivity contribution in [2.75, 3.05) is 13.1 Å². The summed E-state index contributed by atoms with van der Waals surface area (Å²) in [6, 6.07) is 10.9. The van der Waals surface area contributed by atoms with Crippen LogP contribution in [0.4, 0.5) is 0 Å². The number of benzene rings is 1. The highest BCUT2D eigenvalue weighted by Crippen LogP contribution is 2.17. The zero-order valence-electron chi connectivity index (χ0n) is 15.8. The number of nitrogens with zero attached hydrogens (tertiary/aromatic N) is 3. The van der Waals surface area contributed by atoms with Gasteiger partial charge in [0, 0.05) is 30.4 Å². The van der Waals surface area contributed by atoms with Gasteiger partial charge < -0.3 is 14.6 Å². The van der Waals surface area contributed by atoms with E-state index in [1.54, 1.807) is 34.1 Å². The number of carbonyl (C=O) groups is 2. The molecule has 29 heavy (non-hydrogen) atoms.